The Labute approximate surface area is 91.6 Å². The van der Waals surface area contributed by atoms with E-state index in [9.17, 15) is 13.2 Å². The van der Waals surface area contributed by atoms with Crippen LogP contribution in [0, 0.1) is 0 Å². The van der Waals surface area contributed by atoms with Gasteiger partial charge in [0, 0.05) is 19.3 Å². The third kappa shape index (κ3) is 1.70. The molecule has 0 amide bonds. The van der Waals surface area contributed by atoms with Crippen LogP contribution in [0.3, 0.4) is 0 Å². The molecule has 0 fully saturated rings. The van der Waals surface area contributed by atoms with E-state index in [0.29, 0.717) is 5.69 Å². The van der Waals surface area contributed by atoms with Gasteiger partial charge >= 0.3 is 6.18 Å². The summed E-state index contributed by atoms with van der Waals surface area (Å²) >= 11 is 0. The number of methoxy groups -OCH3 is 1. The van der Waals surface area contributed by atoms with Crippen molar-refractivity contribution in [1.82, 2.24) is 0 Å². The van der Waals surface area contributed by atoms with Crippen LogP contribution in [0.5, 0.6) is 5.75 Å². The van der Waals surface area contributed by atoms with Gasteiger partial charge in [-0.2, -0.15) is 13.2 Å². The summed E-state index contributed by atoms with van der Waals surface area (Å²) in [5, 5.41) is 0. The lowest BCUT2D eigenvalue weighted by Gasteiger charge is -2.17. The molecule has 0 N–H and O–H groups in total. The van der Waals surface area contributed by atoms with E-state index in [0.717, 1.165) is 18.5 Å². The van der Waals surface area contributed by atoms with Crippen molar-refractivity contribution in [2.24, 2.45) is 0 Å². The van der Waals surface area contributed by atoms with Crippen molar-refractivity contribution in [3.63, 3.8) is 0 Å². The second-order valence-corrected chi connectivity index (χ2v) is 3.85. The molecule has 2 nitrogen and oxygen atoms in total. The number of fused-ring (bicyclic) bond motifs is 1. The Morgan fingerprint density at radius 1 is 1.31 bits per heavy atom. The van der Waals surface area contributed by atoms with E-state index < -0.39 is 11.7 Å². The van der Waals surface area contributed by atoms with E-state index in [1.165, 1.54) is 19.2 Å². The fourth-order valence-corrected chi connectivity index (χ4v) is 1.97. The average Bonchev–Trinajstić information content (AvgIpc) is 2.57. The molecule has 0 unspecified atom stereocenters. The zero-order valence-corrected chi connectivity index (χ0v) is 9.06. The first-order valence-corrected chi connectivity index (χ1v) is 4.92. The zero-order valence-electron chi connectivity index (χ0n) is 9.06. The molecule has 1 aromatic rings. The number of benzene rings is 1. The summed E-state index contributed by atoms with van der Waals surface area (Å²) in [7, 11) is 3.05. The number of rotatable bonds is 1. The maximum atomic E-state index is 12.7. The molecule has 0 saturated heterocycles. The quantitative estimate of drug-likeness (QED) is 0.736. The first kappa shape index (κ1) is 11.1. The van der Waals surface area contributed by atoms with Crippen molar-refractivity contribution in [3.05, 3.63) is 23.3 Å². The van der Waals surface area contributed by atoms with Crippen molar-refractivity contribution in [2.75, 3.05) is 25.6 Å². The van der Waals surface area contributed by atoms with Crippen LogP contribution < -0.4 is 9.64 Å². The third-order valence-corrected chi connectivity index (χ3v) is 2.83. The normalized spacial score (nSPS) is 15.2. The number of hydrogen-bond acceptors (Lipinski definition) is 2. The second kappa shape index (κ2) is 3.57. The van der Waals surface area contributed by atoms with Crippen LogP contribution in [0.4, 0.5) is 18.9 Å². The molecule has 0 radical (unpaired) electrons. The highest BCUT2D eigenvalue weighted by Gasteiger charge is 2.36. The van der Waals surface area contributed by atoms with Crippen molar-refractivity contribution in [2.45, 2.75) is 12.6 Å². The predicted octanol–water partition coefficient (Wildman–Crippen LogP) is 2.71. The molecular formula is C11H12F3NO. The van der Waals surface area contributed by atoms with E-state index in [4.69, 9.17) is 4.74 Å². The summed E-state index contributed by atoms with van der Waals surface area (Å²) in [6, 6.07) is 2.66. The minimum absolute atomic E-state index is 0.0958. The number of ether oxygens (including phenoxy) is 1. The van der Waals surface area contributed by atoms with Crippen molar-refractivity contribution in [1.29, 1.82) is 0 Å². The summed E-state index contributed by atoms with van der Waals surface area (Å²) in [6.07, 6.45) is -3.61. The van der Waals surface area contributed by atoms with Crippen LogP contribution in [0.2, 0.25) is 0 Å². The molecule has 88 valence electrons. The molecular weight excluding hydrogens is 219 g/mol. The Morgan fingerprint density at radius 2 is 2.00 bits per heavy atom. The van der Waals surface area contributed by atoms with Gasteiger partial charge in [0.25, 0.3) is 0 Å². The van der Waals surface area contributed by atoms with E-state index in [1.54, 1.807) is 7.05 Å². The highest BCUT2D eigenvalue weighted by Crippen LogP contribution is 2.41. The summed E-state index contributed by atoms with van der Waals surface area (Å²) in [4.78, 5) is 1.82. The van der Waals surface area contributed by atoms with Gasteiger partial charge in [-0.1, -0.05) is 0 Å². The summed E-state index contributed by atoms with van der Waals surface area (Å²) in [5.74, 6) is -0.0958. The Kier molecular flexibility index (Phi) is 2.48. The molecule has 0 saturated carbocycles. The van der Waals surface area contributed by atoms with E-state index in [-0.39, 0.29) is 5.75 Å². The first-order chi connectivity index (χ1) is 7.43. The van der Waals surface area contributed by atoms with Crippen LogP contribution in [0.25, 0.3) is 0 Å². The highest BCUT2D eigenvalue weighted by atomic mass is 19.4. The van der Waals surface area contributed by atoms with Crippen LogP contribution in [-0.2, 0) is 12.6 Å². The van der Waals surface area contributed by atoms with E-state index >= 15 is 0 Å². The molecule has 0 bridgehead atoms. The average molecular weight is 231 g/mol. The van der Waals surface area contributed by atoms with Gasteiger partial charge in [-0.3, -0.25) is 0 Å². The summed E-state index contributed by atoms with van der Waals surface area (Å²) in [6.45, 7) is 0.750. The van der Waals surface area contributed by atoms with Crippen molar-refractivity contribution < 1.29 is 17.9 Å². The maximum absolute atomic E-state index is 12.7. The smallest absolute Gasteiger partial charge is 0.420 e. The van der Waals surface area contributed by atoms with Gasteiger partial charge in [0.15, 0.2) is 0 Å². The summed E-state index contributed by atoms with van der Waals surface area (Å²) in [5.41, 5.74) is 0.850. The maximum Gasteiger partial charge on any atom is 0.420 e. The highest BCUT2D eigenvalue weighted by molar-refractivity contribution is 5.63. The number of alkyl halides is 3. The largest absolute Gasteiger partial charge is 0.496 e. The van der Waals surface area contributed by atoms with Gasteiger partial charge < -0.3 is 9.64 Å². The molecule has 1 heterocycles. The lowest BCUT2D eigenvalue weighted by atomic mass is 10.1. The van der Waals surface area contributed by atoms with Crippen LogP contribution >= 0.6 is 0 Å². The minimum atomic E-state index is -4.37. The Bertz CT molecular complexity index is 414. The van der Waals surface area contributed by atoms with Crippen molar-refractivity contribution >= 4 is 5.69 Å². The second-order valence-electron chi connectivity index (χ2n) is 3.85. The van der Waals surface area contributed by atoms with Crippen molar-refractivity contribution in [3.8, 4) is 5.75 Å². The SMILES string of the molecule is COc1cc2c(cc1C(F)(F)F)N(C)CC2. The molecule has 5 heteroatoms. The molecule has 0 aliphatic carbocycles. The van der Waals surface area contributed by atoms with Gasteiger partial charge in [0.2, 0.25) is 0 Å². The predicted molar refractivity (Wildman–Crippen MR) is 55.0 cm³/mol. The Morgan fingerprint density at radius 3 is 2.56 bits per heavy atom. The lowest BCUT2D eigenvalue weighted by molar-refractivity contribution is -0.138. The molecule has 1 aliphatic heterocycles. The van der Waals surface area contributed by atoms with Gasteiger partial charge in [-0.15, -0.1) is 0 Å². The number of anilines is 1. The number of halogens is 3. The molecule has 0 atom stereocenters. The molecule has 0 spiro atoms. The zero-order chi connectivity index (χ0) is 11.9. The molecule has 2 rings (SSSR count). The topological polar surface area (TPSA) is 12.5 Å². The van der Waals surface area contributed by atoms with Gasteiger partial charge in [0.1, 0.15) is 5.75 Å². The monoisotopic (exact) mass is 231 g/mol. The fourth-order valence-electron chi connectivity index (χ4n) is 1.97. The Balaban J connectivity index is 2.57. The van der Waals surface area contributed by atoms with Crippen LogP contribution in [-0.4, -0.2) is 20.7 Å². The molecule has 1 aliphatic rings. The minimum Gasteiger partial charge on any atom is -0.496 e. The van der Waals surface area contributed by atoms with Crippen LogP contribution in [0.1, 0.15) is 11.1 Å². The summed E-state index contributed by atoms with van der Waals surface area (Å²) < 4.78 is 43.0. The van der Waals surface area contributed by atoms with E-state index in [2.05, 4.69) is 0 Å². The number of hydrogen-bond donors (Lipinski definition) is 0. The molecule has 16 heavy (non-hydrogen) atoms. The standard InChI is InChI=1S/C11H12F3NO/c1-15-4-3-7-5-10(16-2)8(6-9(7)15)11(12,13)14/h5-6H,3-4H2,1-2H3. The first-order valence-electron chi connectivity index (χ1n) is 4.92. The number of likely N-dealkylation sites (N-methyl/N-ethyl adjacent to an activating group) is 1. The molecule has 0 aromatic heterocycles. The lowest BCUT2D eigenvalue weighted by Crippen LogP contribution is -2.14. The molecule has 1 aromatic carbocycles. The Hall–Kier alpha value is -1.39. The van der Waals surface area contributed by atoms with Crippen LogP contribution in [0.15, 0.2) is 12.1 Å². The fraction of sp³-hybridized carbons (Fsp3) is 0.455. The van der Waals surface area contributed by atoms with Gasteiger partial charge in [-0.05, 0) is 24.1 Å². The van der Waals surface area contributed by atoms with Gasteiger partial charge in [-0.25, -0.2) is 0 Å². The third-order valence-electron chi connectivity index (χ3n) is 2.83. The van der Waals surface area contributed by atoms with E-state index in [1.807, 2.05) is 4.90 Å². The number of nitrogens with zero attached hydrogens (tertiary/aromatic N) is 1. The van der Waals surface area contributed by atoms with Gasteiger partial charge in [0.05, 0.1) is 12.7 Å².